The van der Waals surface area contributed by atoms with Gasteiger partial charge in [0.05, 0.1) is 6.54 Å². The summed E-state index contributed by atoms with van der Waals surface area (Å²) in [4.78, 5) is 11.4. The van der Waals surface area contributed by atoms with Crippen LogP contribution >= 0.6 is 28.3 Å². The molecule has 102 valence electrons. The monoisotopic (exact) mass is 334 g/mol. The molecule has 0 aliphatic carbocycles. The minimum atomic E-state index is -0.0654. The van der Waals surface area contributed by atoms with E-state index >= 15 is 0 Å². The second-order valence-electron chi connectivity index (χ2n) is 4.70. The van der Waals surface area contributed by atoms with E-state index in [9.17, 15) is 4.79 Å². The molecular formula is C13H20BrClN2O. The largest absolute Gasteiger partial charge is 0.354 e. The van der Waals surface area contributed by atoms with Crippen LogP contribution in [0.15, 0.2) is 28.7 Å². The van der Waals surface area contributed by atoms with Gasteiger partial charge in [0, 0.05) is 16.4 Å². The van der Waals surface area contributed by atoms with E-state index in [4.69, 9.17) is 0 Å². The van der Waals surface area contributed by atoms with Crippen molar-refractivity contribution in [2.45, 2.75) is 19.3 Å². The van der Waals surface area contributed by atoms with Gasteiger partial charge in [-0.3, -0.25) is 4.79 Å². The summed E-state index contributed by atoms with van der Waals surface area (Å²) in [5, 5.41) is 5.76. The molecule has 1 aromatic carbocycles. The first-order valence-corrected chi connectivity index (χ1v) is 6.42. The second kappa shape index (κ2) is 7.77. The Morgan fingerprint density at radius 2 is 1.83 bits per heavy atom. The third kappa shape index (κ3) is 5.38. The lowest BCUT2D eigenvalue weighted by atomic mass is 9.84. The van der Waals surface area contributed by atoms with Crippen LogP contribution in [-0.2, 0) is 10.2 Å². The lowest BCUT2D eigenvalue weighted by Gasteiger charge is -2.25. The molecule has 0 atom stereocenters. The minimum Gasteiger partial charge on any atom is -0.354 e. The van der Waals surface area contributed by atoms with E-state index in [1.165, 1.54) is 5.56 Å². The van der Waals surface area contributed by atoms with Crippen LogP contribution in [0.5, 0.6) is 0 Å². The van der Waals surface area contributed by atoms with Crippen molar-refractivity contribution in [1.29, 1.82) is 0 Å². The number of nitrogens with one attached hydrogen (secondary N) is 2. The van der Waals surface area contributed by atoms with E-state index in [2.05, 4.69) is 52.5 Å². The third-order valence-corrected chi connectivity index (χ3v) is 3.22. The maximum Gasteiger partial charge on any atom is 0.233 e. The lowest BCUT2D eigenvalue weighted by molar-refractivity contribution is -0.120. The summed E-state index contributed by atoms with van der Waals surface area (Å²) in [5.74, 6) is 0.0256. The van der Waals surface area contributed by atoms with E-state index in [1.807, 2.05) is 12.1 Å². The summed E-state index contributed by atoms with van der Waals surface area (Å²) >= 11 is 3.42. The molecule has 1 amide bonds. The third-order valence-electron chi connectivity index (χ3n) is 2.69. The van der Waals surface area contributed by atoms with E-state index in [1.54, 1.807) is 7.05 Å². The second-order valence-corrected chi connectivity index (χ2v) is 5.61. The van der Waals surface area contributed by atoms with Crippen LogP contribution < -0.4 is 10.6 Å². The summed E-state index contributed by atoms with van der Waals surface area (Å²) in [6.45, 7) is 5.23. The number of likely N-dealkylation sites (N-methyl/N-ethyl adjacent to an activating group) is 1. The Morgan fingerprint density at radius 3 is 2.33 bits per heavy atom. The van der Waals surface area contributed by atoms with Gasteiger partial charge in [0.2, 0.25) is 5.91 Å². The summed E-state index contributed by atoms with van der Waals surface area (Å²) in [6, 6.07) is 8.20. The van der Waals surface area contributed by atoms with Crippen molar-refractivity contribution in [2.24, 2.45) is 0 Å². The van der Waals surface area contributed by atoms with Gasteiger partial charge in [0.15, 0.2) is 0 Å². The quantitative estimate of drug-likeness (QED) is 0.868. The average Bonchev–Trinajstić information content (AvgIpc) is 2.28. The van der Waals surface area contributed by atoms with Gasteiger partial charge < -0.3 is 10.6 Å². The van der Waals surface area contributed by atoms with Crippen molar-refractivity contribution < 1.29 is 4.79 Å². The van der Waals surface area contributed by atoms with Crippen molar-refractivity contribution in [3.63, 3.8) is 0 Å². The number of rotatable bonds is 5. The molecule has 0 aliphatic heterocycles. The molecule has 0 aromatic heterocycles. The number of carbonyl (C=O) groups excluding carboxylic acids is 1. The molecule has 0 unspecified atom stereocenters. The van der Waals surface area contributed by atoms with Gasteiger partial charge in [-0.15, -0.1) is 12.4 Å². The van der Waals surface area contributed by atoms with Crippen molar-refractivity contribution >= 4 is 34.2 Å². The highest BCUT2D eigenvalue weighted by Gasteiger charge is 2.20. The number of hydrogen-bond acceptors (Lipinski definition) is 2. The molecule has 0 spiro atoms. The van der Waals surface area contributed by atoms with Crippen LogP contribution in [0.4, 0.5) is 0 Å². The molecular weight excluding hydrogens is 316 g/mol. The van der Waals surface area contributed by atoms with Crippen LogP contribution in [0.2, 0.25) is 0 Å². The molecule has 0 saturated heterocycles. The Labute approximate surface area is 123 Å². The van der Waals surface area contributed by atoms with E-state index in [0.717, 1.165) is 4.47 Å². The smallest absolute Gasteiger partial charge is 0.233 e. The highest BCUT2D eigenvalue weighted by Crippen LogP contribution is 2.23. The van der Waals surface area contributed by atoms with E-state index in [0.29, 0.717) is 13.1 Å². The molecule has 3 nitrogen and oxygen atoms in total. The normalized spacial score (nSPS) is 10.7. The number of hydrogen-bond donors (Lipinski definition) is 2. The number of carbonyl (C=O) groups is 1. The topological polar surface area (TPSA) is 41.1 Å². The van der Waals surface area contributed by atoms with Crippen LogP contribution in [0.25, 0.3) is 0 Å². The SMILES string of the molecule is CNCC(=O)NCC(C)(C)c1ccc(Br)cc1.Cl. The van der Waals surface area contributed by atoms with Crippen LogP contribution in [-0.4, -0.2) is 26.0 Å². The van der Waals surface area contributed by atoms with Gasteiger partial charge in [-0.25, -0.2) is 0 Å². The molecule has 18 heavy (non-hydrogen) atoms. The molecule has 5 heteroatoms. The fourth-order valence-corrected chi connectivity index (χ4v) is 1.81. The van der Waals surface area contributed by atoms with Gasteiger partial charge in [0.1, 0.15) is 0 Å². The van der Waals surface area contributed by atoms with Crippen LogP contribution in [0, 0.1) is 0 Å². The number of amides is 1. The Bertz CT molecular complexity index is 379. The molecule has 0 heterocycles. The van der Waals surface area contributed by atoms with Crippen LogP contribution in [0.3, 0.4) is 0 Å². The van der Waals surface area contributed by atoms with E-state index < -0.39 is 0 Å². The first-order chi connectivity index (χ1) is 7.95. The molecule has 0 radical (unpaired) electrons. The van der Waals surface area contributed by atoms with E-state index in [-0.39, 0.29) is 23.7 Å². The zero-order chi connectivity index (χ0) is 12.9. The number of halogens is 2. The summed E-state index contributed by atoms with van der Waals surface area (Å²) in [5.41, 5.74) is 1.15. The van der Waals surface area contributed by atoms with Gasteiger partial charge in [-0.05, 0) is 24.7 Å². The zero-order valence-corrected chi connectivity index (χ0v) is 13.3. The molecule has 1 rings (SSSR count). The highest BCUT2D eigenvalue weighted by molar-refractivity contribution is 9.10. The lowest BCUT2D eigenvalue weighted by Crippen LogP contribution is -2.40. The predicted molar refractivity (Wildman–Crippen MR) is 81.4 cm³/mol. The maximum atomic E-state index is 11.4. The number of benzene rings is 1. The zero-order valence-electron chi connectivity index (χ0n) is 10.9. The maximum absolute atomic E-state index is 11.4. The van der Waals surface area contributed by atoms with Gasteiger partial charge in [-0.1, -0.05) is 41.9 Å². The Hall–Kier alpha value is -0.580. The fraction of sp³-hybridized carbons (Fsp3) is 0.462. The molecule has 0 bridgehead atoms. The first kappa shape index (κ1) is 17.4. The van der Waals surface area contributed by atoms with Crippen molar-refractivity contribution in [1.82, 2.24) is 10.6 Å². The Morgan fingerprint density at radius 1 is 1.28 bits per heavy atom. The average molecular weight is 336 g/mol. The fourth-order valence-electron chi connectivity index (χ4n) is 1.55. The Balaban J connectivity index is 0.00000289. The molecule has 1 aromatic rings. The molecule has 2 N–H and O–H groups in total. The van der Waals surface area contributed by atoms with Gasteiger partial charge in [-0.2, -0.15) is 0 Å². The Kier molecular flexibility index (Phi) is 7.52. The van der Waals surface area contributed by atoms with Crippen molar-refractivity contribution in [3.05, 3.63) is 34.3 Å². The first-order valence-electron chi connectivity index (χ1n) is 5.63. The summed E-state index contributed by atoms with van der Waals surface area (Å²) < 4.78 is 1.07. The predicted octanol–water partition coefficient (Wildman–Crippen LogP) is 2.48. The van der Waals surface area contributed by atoms with Gasteiger partial charge >= 0.3 is 0 Å². The standard InChI is InChI=1S/C13H19BrN2O.ClH/c1-13(2,9-16-12(17)8-15-3)10-4-6-11(14)7-5-10;/h4-7,15H,8-9H2,1-3H3,(H,16,17);1H. The minimum absolute atomic E-state index is 0. The van der Waals surface area contributed by atoms with Crippen LogP contribution in [0.1, 0.15) is 19.4 Å². The molecule has 0 aliphatic rings. The van der Waals surface area contributed by atoms with Crippen molar-refractivity contribution in [3.8, 4) is 0 Å². The molecule has 0 fully saturated rings. The highest BCUT2D eigenvalue weighted by atomic mass is 79.9. The van der Waals surface area contributed by atoms with Crippen molar-refractivity contribution in [2.75, 3.05) is 20.1 Å². The summed E-state index contributed by atoms with van der Waals surface area (Å²) in [7, 11) is 1.76. The molecule has 0 saturated carbocycles. The summed E-state index contributed by atoms with van der Waals surface area (Å²) in [6.07, 6.45) is 0. The van der Waals surface area contributed by atoms with Gasteiger partial charge in [0.25, 0.3) is 0 Å².